The first kappa shape index (κ1) is 9.14. The molecule has 3 heteroatoms. The van der Waals surface area contributed by atoms with E-state index < -0.39 is 0 Å². The summed E-state index contributed by atoms with van der Waals surface area (Å²) in [5, 5.41) is 9.12. The predicted octanol–water partition coefficient (Wildman–Crippen LogP) is 0.951. The molecule has 1 N–H and O–H groups in total. The highest BCUT2D eigenvalue weighted by molar-refractivity contribution is 5.74. The fraction of sp³-hybridized carbons (Fsp3) is 0.100. The van der Waals surface area contributed by atoms with Crippen LogP contribution in [-0.2, 0) is 4.79 Å². The minimum Gasteiger partial charge on any atom is -0.508 e. The van der Waals surface area contributed by atoms with Gasteiger partial charge in [-0.05, 0) is 24.1 Å². The second kappa shape index (κ2) is 4.17. The highest BCUT2D eigenvalue weighted by Gasteiger charge is 1.99. The number of aldehydes is 1. The molecule has 0 aliphatic rings. The number of carbonyl (C=O) groups excluding carboxylic acids is 1. The zero-order valence-corrected chi connectivity index (χ0v) is 7.07. The number of hydrogen-bond donors (Lipinski definition) is 1. The van der Waals surface area contributed by atoms with Gasteiger partial charge in [-0.1, -0.05) is 5.92 Å². The smallest absolute Gasteiger partial charge is 0.193 e. The summed E-state index contributed by atoms with van der Waals surface area (Å²) in [5.41, 5.74) is 0.495. The van der Waals surface area contributed by atoms with E-state index in [4.69, 9.17) is 9.84 Å². The molecule has 0 heterocycles. The Hall–Kier alpha value is -1.95. The van der Waals surface area contributed by atoms with Gasteiger partial charge in [-0.3, -0.25) is 4.79 Å². The van der Waals surface area contributed by atoms with Gasteiger partial charge in [0.1, 0.15) is 11.5 Å². The number of methoxy groups -OCH3 is 1. The van der Waals surface area contributed by atoms with Gasteiger partial charge in [0.25, 0.3) is 0 Å². The van der Waals surface area contributed by atoms with Crippen LogP contribution in [0.5, 0.6) is 11.5 Å². The van der Waals surface area contributed by atoms with Crippen LogP contribution < -0.4 is 4.74 Å². The van der Waals surface area contributed by atoms with Crippen molar-refractivity contribution < 1.29 is 14.6 Å². The molecule has 0 atom stereocenters. The van der Waals surface area contributed by atoms with Crippen LogP contribution >= 0.6 is 0 Å². The standard InChI is InChI=1S/C10H8O3/c1-13-10-5-4-9(12)7-8(10)3-2-6-11/h4-7,12H,1H3. The van der Waals surface area contributed by atoms with E-state index in [0.29, 0.717) is 17.6 Å². The highest BCUT2D eigenvalue weighted by Crippen LogP contribution is 2.21. The van der Waals surface area contributed by atoms with Gasteiger partial charge in [-0.15, -0.1) is 0 Å². The van der Waals surface area contributed by atoms with E-state index in [9.17, 15) is 4.79 Å². The second-order valence-corrected chi connectivity index (χ2v) is 2.27. The van der Waals surface area contributed by atoms with Crippen LogP contribution in [0.4, 0.5) is 0 Å². The minimum absolute atomic E-state index is 0.0935. The number of carbonyl (C=O) groups is 1. The molecule has 0 amide bonds. The van der Waals surface area contributed by atoms with Crippen LogP contribution in [0.15, 0.2) is 18.2 Å². The molecule has 0 radical (unpaired) electrons. The number of hydrogen-bond acceptors (Lipinski definition) is 3. The Morgan fingerprint density at radius 3 is 2.92 bits per heavy atom. The van der Waals surface area contributed by atoms with Gasteiger partial charge in [0.05, 0.1) is 12.7 Å². The first-order chi connectivity index (χ1) is 6.27. The fourth-order valence-electron chi connectivity index (χ4n) is 0.901. The number of benzene rings is 1. The number of aromatic hydroxyl groups is 1. The average Bonchev–Trinajstić information content (AvgIpc) is 2.15. The molecule has 1 aromatic rings. The summed E-state index contributed by atoms with van der Waals surface area (Å²) in [6.45, 7) is 0. The molecule has 1 aromatic carbocycles. The maximum absolute atomic E-state index is 9.99. The number of ether oxygens (including phenoxy) is 1. The normalized spacial score (nSPS) is 8.38. The van der Waals surface area contributed by atoms with Crippen LogP contribution in [0.25, 0.3) is 0 Å². The third kappa shape index (κ3) is 2.24. The predicted molar refractivity (Wildman–Crippen MR) is 47.6 cm³/mol. The van der Waals surface area contributed by atoms with Gasteiger partial charge < -0.3 is 9.84 Å². The second-order valence-electron chi connectivity index (χ2n) is 2.27. The summed E-state index contributed by atoms with van der Waals surface area (Å²) < 4.78 is 4.97. The molecular weight excluding hydrogens is 168 g/mol. The van der Waals surface area contributed by atoms with Gasteiger partial charge in [0.15, 0.2) is 6.29 Å². The van der Waals surface area contributed by atoms with Gasteiger partial charge in [-0.2, -0.15) is 0 Å². The lowest BCUT2D eigenvalue weighted by Crippen LogP contribution is -1.86. The Balaban J connectivity index is 3.15. The lowest BCUT2D eigenvalue weighted by Gasteiger charge is -2.02. The van der Waals surface area contributed by atoms with Crippen molar-refractivity contribution in [1.82, 2.24) is 0 Å². The van der Waals surface area contributed by atoms with Gasteiger partial charge in [0.2, 0.25) is 0 Å². The van der Waals surface area contributed by atoms with E-state index in [2.05, 4.69) is 11.8 Å². The zero-order chi connectivity index (χ0) is 9.68. The largest absolute Gasteiger partial charge is 0.508 e. The molecule has 0 saturated heterocycles. The molecule has 0 aliphatic heterocycles. The lowest BCUT2D eigenvalue weighted by molar-refractivity contribution is -0.103. The van der Waals surface area contributed by atoms with Crippen LogP contribution in [0.3, 0.4) is 0 Å². The maximum Gasteiger partial charge on any atom is 0.193 e. The van der Waals surface area contributed by atoms with E-state index in [1.807, 2.05) is 0 Å². The van der Waals surface area contributed by atoms with Crippen molar-refractivity contribution in [2.24, 2.45) is 0 Å². The lowest BCUT2D eigenvalue weighted by atomic mass is 10.2. The molecule has 66 valence electrons. The summed E-state index contributed by atoms with van der Waals surface area (Å²) in [7, 11) is 1.50. The molecule has 0 bridgehead atoms. The van der Waals surface area contributed by atoms with Crippen molar-refractivity contribution >= 4 is 6.29 Å². The van der Waals surface area contributed by atoms with Crippen LogP contribution in [0.1, 0.15) is 5.56 Å². The summed E-state index contributed by atoms with van der Waals surface area (Å²) in [6, 6.07) is 4.52. The van der Waals surface area contributed by atoms with Gasteiger partial charge in [0, 0.05) is 0 Å². The third-order valence-electron chi connectivity index (χ3n) is 1.45. The topological polar surface area (TPSA) is 46.5 Å². The quantitative estimate of drug-likeness (QED) is 0.512. The van der Waals surface area contributed by atoms with E-state index in [0.717, 1.165) is 0 Å². The van der Waals surface area contributed by atoms with Crippen molar-refractivity contribution in [1.29, 1.82) is 0 Å². The Morgan fingerprint density at radius 1 is 1.54 bits per heavy atom. The zero-order valence-electron chi connectivity index (χ0n) is 7.07. The summed E-state index contributed by atoms with van der Waals surface area (Å²) in [4.78, 5) is 9.99. The van der Waals surface area contributed by atoms with Crippen LogP contribution in [0.2, 0.25) is 0 Å². The molecular formula is C10H8O3. The van der Waals surface area contributed by atoms with E-state index in [1.54, 1.807) is 6.07 Å². The Kier molecular flexibility index (Phi) is 2.93. The SMILES string of the molecule is COc1ccc(O)cc1C#CC=O. The highest BCUT2D eigenvalue weighted by atomic mass is 16.5. The number of rotatable bonds is 1. The monoisotopic (exact) mass is 176 g/mol. The van der Waals surface area contributed by atoms with E-state index in [-0.39, 0.29) is 5.75 Å². The molecule has 0 spiro atoms. The maximum atomic E-state index is 9.99. The first-order valence-electron chi connectivity index (χ1n) is 3.60. The molecule has 0 aliphatic carbocycles. The molecule has 0 unspecified atom stereocenters. The summed E-state index contributed by atoms with van der Waals surface area (Å²) in [6.07, 6.45) is 0.490. The van der Waals surface area contributed by atoms with E-state index >= 15 is 0 Å². The molecule has 3 nitrogen and oxygen atoms in total. The first-order valence-corrected chi connectivity index (χ1v) is 3.60. The van der Waals surface area contributed by atoms with Crippen LogP contribution in [0, 0.1) is 11.8 Å². The van der Waals surface area contributed by atoms with Crippen molar-refractivity contribution in [3.05, 3.63) is 23.8 Å². The van der Waals surface area contributed by atoms with Crippen molar-refractivity contribution in [3.63, 3.8) is 0 Å². The average molecular weight is 176 g/mol. The van der Waals surface area contributed by atoms with Crippen molar-refractivity contribution in [2.45, 2.75) is 0 Å². The van der Waals surface area contributed by atoms with Crippen molar-refractivity contribution in [2.75, 3.05) is 7.11 Å². The summed E-state index contributed by atoms with van der Waals surface area (Å²) in [5.74, 6) is 5.42. The van der Waals surface area contributed by atoms with Crippen LogP contribution in [-0.4, -0.2) is 18.5 Å². The van der Waals surface area contributed by atoms with E-state index in [1.165, 1.54) is 19.2 Å². The molecule has 0 fully saturated rings. The summed E-state index contributed by atoms with van der Waals surface area (Å²) >= 11 is 0. The minimum atomic E-state index is 0.0935. The number of phenolic OH excluding ortho intramolecular Hbond substituents is 1. The third-order valence-corrected chi connectivity index (χ3v) is 1.45. The van der Waals surface area contributed by atoms with Gasteiger partial charge >= 0.3 is 0 Å². The number of phenols is 1. The Labute approximate surface area is 76.0 Å². The fourth-order valence-corrected chi connectivity index (χ4v) is 0.901. The molecule has 1 rings (SSSR count). The van der Waals surface area contributed by atoms with Crippen molar-refractivity contribution in [3.8, 4) is 23.3 Å². The Bertz CT molecular complexity index is 371. The Morgan fingerprint density at radius 2 is 2.31 bits per heavy atom. The molecule has 0 saturated carbocycles. The molecule has 0 aromatic heterocycles. The molecule has 13 heavy (non-hydrogen) atoms. The van der Waals surface area contributed by atoms with Gasteiger partial charge in [-0.25, -0.2) is 0 Å².